The second kappa shape index (κ2) is 9.23. The van der Waals surface area contributed by atoms with E-state index in [-0.39, 0.29) is 5.91 Å². The SMILES string of the molecule is CCN(CC(=O)NCCOc1ccccc1)Cc1cccs1. The first kappa shape index (κ1) is 16.5. The Balaban J connectivity index is 1.64. The average molecular weight is 318 g/mol. The van der Waals surface area contributed by atoms with Crippen LogP contribution in [0, 0.1) is 0 Å². The lowest BCUT2D eigenvalue weighted by atomic mass is 10.3. The van der Waals surface area contributed by atoms with Crippen molar-refractivity contribution in [2.75, 3.05) is 26.2 Å². The molecule has 22 heavy (non-hydrogen) atoms. The summed E-state index contributed by atoms with van der Waals surface area (Å²) < 4.78 is 5.55. The summed E-state index contributed by atoms with van der Waals surface area (Å²) in [6.45, 7) is 5.16. The minimum Gasteiger partial charge on any atom is -0.492 e. The Morgan fingerprint density at radius 3 is 2.73 bits per heavy atom. The number of carbonyl (C=O) groups excluding carboxylic acids is 1. The number of nitrogens with zero attached hydrogens (tertiary/aromatic N) is 1. The molecule has 2 rings (SSSR count). The lowest BCUT2D eigenvalue weighted by Gasteiger charge is -2.19. The lowest BCUT2D eigenvalue weighted by Crippen LogP contribution is -2.38. The van der Waals surface area contributed by atoms with Crippen molar-refractivity contribution in [1.82, 2.24) is 10.2 Å². The van der Waals surface area contributed by atoms with Crippen molar-refractivity contribution >= 4 is 17.2 Å². The maximum absolute atomic E-state index is 11.9. The number of nitrogens with one attached hydrogen (secondary N) is 1. The van der Waals surface area contributed by atoms with Gasteiger partial charge in [0.2, 0.25) is 5.91 Å². The Morgan fingerprint density at radius 1 is 1.23 bits per heavy atom. The molecule has 2 aromatic rings. The third-order valence-electron chi connectivity index (χ3n) is 3.21. The zero-order valence-corrected chi connectivity index (χ0v) is 13.6. The minimum absolute atomic E-state index is 0.0371. The van der Waals surface area contributed by atoms with E-state index in [1.165, 1.54) is 4.88 Å². The molecular weight excluding hydrogens is 296 g/mol. The quantitative estimate of drug-likeness (QED) is 0.723. The van der Waals surface area contributed by atoms with Crippen LogP contribution in [0.3, 0.4) is 0 Å². The van der Waals surface area contributed by atoms with Crippen molar-refractivity contribution in [1.29, 1.82) is 0 Å². The Morgan fingerprint density at radius 2 is 2.05 bits per heavy atom. The second-order valence-corrected chi connectivity index (χ2v) is 5.93. The van der Waals surface area contributed by atoms with E-state index < -0.39 is 0 Å². The van der Waals surface area contributed by atoms with Crippen molar-refractivity contribution in [3.8, 4) is 5.75 Å². The van der Waals surface area contributed by atoms with Crippen LogP contribution in [0.2, 0.25) is 0 Å². The maximum Gasteiger partial charge on any atom is 0.234 e. The van der Waals surface area contributed by atoms with Crippen molar-refractivity contribution in [3.63, 3.8) is 0 Å². The van der Waals surface area contributed by atoms with Crippen LogP contribution in [0.15, 0.2) is 47.8 Å². The van der Waals surface area contributed by atoms with E-state index in [4.69, 9.17) is 4.74 Å². The molecule has 0 radical (unpaired) electrons. The smallest absolute Gasteiger partial charge is 0.234 e. The topological polar surface area (TPSA) is 41.6 Å². The van der Waals surface area contributed by atoms with Crippen LogP contribution in [0.25, 0.3) is 0 Å². The van der Waals surface area contributed by atoms with Crippen molar-refractivity contribution in [3.05, 3.63) is 52.7 Å². The van der Waals surface area contributed by atoms with E-state index in [0.717, 1.165) is 18.8 Å². The molecule has 0 aliphatic carbocycles. The van der Waals surface area contributed by atoms with Gasteiger partial charge in [-0.05, 0) is 30.1 Å². The lowest BCUT2D eigenvalue weighted by molar-refractivity contribution is -0.122. The highest BCUT2D eigenvalue weighted by Gasteiger charge is 2.09. The summed E-state index contributed by atoms with van der Waals surface area (Å²) in [7, 11) is 0. The number of amides is 1. The molecule has 118 valence electrons. The van der Waals surface area contributed by atoms with Crippen LogP contribution in [-0.2, 0) is 11.3 Å². The molecule has 0 aliphatic rings. The number of likely N-dealkylation sites (N-methyl/N-ethyl adjacent to an activating group) is 1. The van der Waals surface area contributed by atoms with Crippen molar-refractivity contribution in [2.24, 2.45) is 0 Å². The van der Waals surface area contributed by atoms with Gasteiger partial charge in [0, 0.05) is 11.4 Å². The number of benzene rings is 1. The van der Waals surface area contributed by atoms with Gasteiger partial charge in [-0.15, -0.1) is 11.3 Å². The predicted molar refractivity (Wildman–Crippen MR) is 90.2 cm³/mol. The van der Waals surface area contributed by atoms with Crippen LogP contribution in [0.5, 0.6) is 5.75 Å². The monoisotopic (exact) mass is 318 g/mol. The molecule has 1 aromatic heterocycles. The van der Waals surface area contributed by atoms with Gasteiger partial charge in [-0.2, -0.15) is 0 Å². The zero-order valence-electron chi connectivity index (χ0n) is 12.8. The standard InChI is InChI=1S/C17H22N2O2S/c1-2-19(13-16-9-6-12-22-16)14-17(20)18-10-11-21-15-7-4-3-5-8-15/h3-9,12H,2,10-11,13-14H2,1H3,(H,18,20). The summed E-state index contributed by atoms with van der Waals surface area (Å²) in [5.41, 5.74) is 0. The van der Waals surface area contributed by atoms with E-state index in [0.29, 0.717) is 19.7 Å². The Kier molecular flexibility index (Phi) is 6.93. The van der Waals surface area contributed by atoms with Gasteiger partial charge in [0.05, 0.1) is 13.1 Å². The summed E-state index contributed by atoms with van der Waals surface area (Å²) in [6.07, 6.45) is 0. The molecule has 0 saturated heterocycles. The van der Waals surface area contributed by atoms with Gasteiger partial charge in [-0.25, -0.2) is 0 Å². The van der Waals surface area contributed by atoms with E-state index in [2.05, 4.69) is 28.6 Å². The molecule has 0 bridgehead atoms. The van der Waals surface area contributed by atoms with Crippen molar-refractivity contribution < 1.29 is 9.53 Å². The van der Waals surface area contributed by atoms with Gasteiger partial charge in [0.15, 0.2) is 0 Å². The molecule has 0 saturated carbocycles. The highest BCUT2D eigenvalue weighted by Crippen LogP contribution is 2.11. The number of rotatable bonds is 9. The summed E-state index contributed by atoms with van der Waals surface area (Å²) in [5, 5.41) is 4.95. The Hall–Kier alpha value is -1.85. The fourth-order valence-electron chi connectivity index (χ4n) is 2.04. The number of hydrogen-bond acceptors (Lipinski definition) is 4. The van der Waals surface area contributed by atoms with Crippen LogP contribution >= 0.6 is 11.3 Å². The van der Waals surface area contributed by atoms with Crippen LogP contribution in [-0.4, -0.2) is 37.0 Å². The number of hydrogen-bond donors (Lipinski definition) is 1. The van der Waals surface area contributed by atoms with Gasteiger partial charge >= 0.3 is 0 Å². The predicted octanol–water partition coefficient (Wildman–Crippen LogP) is 2.77. The third kappa shape index (κ3) is 5.87. The Bertz CT molecular complexity index is 543. The third-order valence-corrected chi connectivity index (χ3v) is 4.07. The van der Waals surface area contributed by atoms with Crippen LogP contribution in [0.1, 0.15) is 11.8 Å². The Labute approximate surface area is 135 Å². The van der Waals surface area contributed by atoms with E-state index in [1.807, 2.05) is 36.4 Å². The second-order valence-electron chi connectivity index (χ2n) is 4.89. The maximum atomic E-state index is 11.9. The molecule has 0 fully saturated rings. The van der Waals surface area contributed by atoms with E-state index in [1.54, 1.807) is 11.3 Å². The molecule has 0 aliphatic heterocycles. The molecule has 1 amide bonds. The number of ether oxygens (including phenoxy) is 1. The van der Waals surface area contributed by atoms with Crippen LogP contribution < -0.4 is 10.1 Å². The molecule has 1 aromatic carbocycles. The zero-order chi connectivity index (χ0) is 15.6. The molecule has 1 N–H and O–H groups in total. The van der Waals surface area contributed by atoms with Gasteiger partial charge in [0.25, 0.3) is 0 Å². The minimum atomic E-state index is 0.0371. The highest BCUT2D eigenvalue weighted by atomic mass is 32.1. The molecule has 0 unspecified atom stereocenters. The normalized spacial score (nSPS) is 10.6. The molecule has 4 nitrogen and oxygen atoms in total. The summed E-state index contributed by atoms with van der Waals surface area (Å²) in [6, 6.07) is 13.7. The summed E-state index contributed by atoms with van der Waals surface area (Å²) in [4.78, 5) is 15.4. The molecule has 0 spiro atoms. The van der Waals surface area contributed by atoms with Crippen LogP contribution in [0.4, 0.5) is 0 Å². The molecule has 1 heterocycles. The van der Waals surface area contributed by atoms with Crippen molar-refractivity contribution in [2.45, 2.75) is 13.5 Å². The highest BCUT2D eigenvalue weighted by molar-refractivity contribution is 7.09. The van der Waals surface area contributed by atoms with Gasteiger partial charge in [-0.1, -0.05) is 31.2 Å². The first-order valence-electron chi connectivity index (χ1n) is 7.47. The number of thiophene rings is 1. The molecular formula is C17H22N2O2S. The van der Waals surface area contributed by atoms with Gasteiger partial charge in [0.1, 0.15) is 12.4 Å². The number of carbonyl (C=O) groups is 1. The van der Waals surface area contributed by atoms with Gasteiger partial charge in [-0.3, -0.25) is 9.69 Å². The molecule has 5 heteroatoms. The fraction of sp³-hybridized carbons (Fsp3) is 0.353. The van der Waals surface area contributed by atoms with E-state index in [9.17, 15) is 4.79 Å². The fourth-order valence-corrected chi connectivity index (χ4v) is 2.78. The largest absolute Gasteiger partial charge is 0.492 e. The average Bonchev–Trinajstić information content (AvgIpc) is 3.05. The van der Waals surface area contributed by atoms with Gasteiger partial charge < -0.3 is 10.1 Å². The summed E-state index contributed by atoms with van der Waals surface area (Å²) in [5.74, 6) is 0.861. The first-order chi connectivity index (χ1) is 10.8. The molecule has 0 atom stereocenters. The number of para-hydroxylation sites is 1. The first-order valence-corrected chi connectivity index (χ1v) is 8.35. The van der Waals surface area contributed by atoms with E-state index >= 15 is 0 Å². The summed E-state index contributed by atoms with van der Waals surface area (Å²) >= 11 is 1.72.